The average Bonchev–Trinajstić information content (AvgIpc) is 2.70. The minimum Gasteiger partial charge on any atom is -0.490 e. The van der Waals surface area contributed by atoms with E-state index in [2.05, 4.69) is 76.0 Å². The smallest absolute Gasteiger partial charge is 0.124 e. The number of allylic oxidation sites excluding steroid dienone is 8. The zero-order valence-electron chi connectivity index (χ0n) is 17.4. The largest absolute Gasteiger partial charge is 0.490 e. The molecule has 2 heteroatoms. The molecule has 27 heavy (non-hydrogen) atoms. The Balaban J connectivity index is 2.22. The molecule has 3 rings (SSSR count). The van der Waals surface area contributed by atoms with Gasteiger partial charge in [0.1, 0.15) is 6.10 Å². The number of rotatable bonds is 2. The van der Waals surface area contributed by atoms with Crippen LogP contribution in [0.25, 0.3) is 0 Å². The van der Waals surface area contributed by atoms with Crippen LogP contribution in [0, 0.1) is 5.92 Å². The predicted molar refractivity (Wildman–Crippen MR) is 115 cm³/mol. The van der Waals surface area contributed by atoms with Gasteiger partial charge in [-0.3, -0.25) is 0 Å². The summed E-state index contributed by atoms with van der Waals surface area (Å²) >= 11 is 0. The lowest BCUT2D eigenvalue weighted by Crippen LogP contribution is -2.39. The van der Waals surface area contributed by atoms with Gasteiger partial charge in [0, 0.05) is 29.1 Å². The predicted octanol–water partition coefficient (Wildman–Crippen LogP) is 6.29. The first-order valence-electron chi connectivity index (χ1n) is 10.0. The second-order valence-corrected chi connectivity index (χ2v) is 8.57. The molecule has 2 atom stereocenters. The van der Waals surface area contributed by atoms with Crippen LogP contribution in [0.2, 0.25) is 0 Å². The Kier molecular flexibility index (Phi) is 5.64. The Morgan fingerprint density at radius 3 is 2.78 bits per heavy atom. The summed E-state index contributed by atoms with van der Waals surface area (Å²) in [4.78, 5) is 0. The minimum atomic E-state index is 0.00404. The monoisotopic (exact) mass is 363 g/mol. The lowest BCUT2D eigenvalue weighted by Gasteiger charge is -2.35. The van der Waals surface area contributed by atoms with E-state index < -0.39 is 0 Å². The minimum absolute atomic E-state index is 0.00404. The van der Waals surface area contributed by atoms with E-state index in [0.29, 0.717) is 5.92 Å². The molecular weight excluding hydrogens is 330 g/mol. The second kappa shape index (κ2) is 7.80. The molecule has 144 valence electrons. The van der Waals surface area contributed by atoms with Crippen LogP contribution < -0.4 is 5.32 Å². The summed E-state index contributed by atoms with van der Waals surface area (Å²) in [6.07, 6.45) is 18.2. The van der Waals surface area contributed by atoms with Gasteiger partial charge in [0.15, 0.2) is 0 Å². The molecule has 0 aromatic carbocycles. The van der Waals surface area contributed by atoms with E-state index in [9.17, 15) is 0 Å². The van der Waals surface area contributed by atoms with Crippen molar-refractivity contribution in [2.75, 3.05) is 0 Å². The summed E-state index contributed by atoms with van der Waals surface area (Å²) in [6.45, 7) is 15.0. The molecule has 0 aromatic heterocycles. The maximum Gasteiger partial charge on any atom is 0.124 e. The Hall–Kier alpha value is -2.22. The summed E-state index contributed by atoms with van der Waals surface area (Å²) in [5.41, 5.74) is 6.67. The van der Waals surface area contributed by atoms with Gasteiger partial charge in [0.2, 0.25) is 0 Å². The van der Waals surface area contributed by atoms with E-state index in [0.717, 1.165) is 25.0 Å². The number of fused-ring (bicyclic) bond motifs is 2. The maximum absolute atomic E-state index is 6.43. The number of hydrogen-bond donors (Lipinski definition) is 1. The highest BCUT2D eigenvalue weighted by Gasteiger charge is 2.34. The molecule has 0 saturated heterocycles. The summed E-state index contributed by atoms with van der Waals surface area (Å²) in [5.74, 6) is 1.29. The molecule has 2 unspecified atom stereocenters. The number of ether oxygens (including phenoxy) is 1. The lowest BCUT2D eigenvalue weighted by atomic mass is 9.78. The fraction of sp³-hybridized carbons (Fsp3) is 0.440. The molecule has 1 aliphatic carbocycles. The highest BCUT2D eigenvalue weighted by molar-refractivity contribution is 5.55. The summed E-state index contributed by atoms with van der Waals surface area (Å²) < 4.78 is 6.43. The Bertz CT molecular complexity index is 798. The summed E-state index contributed by atoms with van der Waals surface area (Å²) in [6, 6.07) is 0. The van der Waals surface area contributed by atoms with Gasteiger partial charge in [0.05, 0.1) is 5.76 Å². The molecule has 0 spiro atoms. The van der Waals surface area contributed by atoms with Crippen LogP contribution in [0.4, 0.5) is 0 Å². The zero-order valence-corrected chi connectivity index (χ0v) is 17.4. The number of hydrogen-bond acceptors (Lipinski definition) is 2. The molecule has 0 saturated carbocycles. The second-order valence-electron chi connectivity index (χ2n) is 8.57. The highest BCUT2D eigenvalue weighted by Crippen LogP contribution is 2.41. The standard InChI is InChI=1S/C25H33NO/c1-7-9-22-24-20(16-17(2)10-8-11-19(4)27-22)12-13-21-23(24)18(3)14-15-25(5,6)26-21/h7-8,10-11,13-14,16,20,22,26H,1,9,12,15H2,2-6H3/b10-8-,17-16+,19-11+. The van der Waals surface area contributed by atoms with Gasteiger partial charge in [-0.2, -0.15) is 0 Å². The molecule has 0 amide bonds. The highest BCUT2D eigenvalue weighted by atomic mass is 16.5. The van der Waals surface area contributed by atoms with Crippen LogP contribution in [-0.2, 0) is 4.74 Å². The van der Waals surface area contributed by atoms with Gasteiger partial charge in [-0.05, 0) is 64.7 Å². The molecule has 0 bridgehead atoms. The quantitative estimate of drug-likeness (QED) is 0.582. The van der Waals surface area contributed by atoms with Crippen molar-refractivity contribution in [3.8, 4) is 0 Å². The first kappa shape index (κ1) is 19.5. The van der Waals surface area contributed by atoms with Gasteiger partial charge in [0.25, 0.3) is 0 Å². The van der Waals surface area contributed by atoms with Crippen molar-refractivity contribution in [1.82, 2.24) is 5.32 Å². The maximum atomic E-state index is 6.43. The summed E-state index contributed by atoms with van der Waals surface area (Å²) in [5, 5.41) is 3.79. The van der Waals surface area contributed by atoms with Crippen LogP contribution in [-0.4, -0.2) is 11.6 Å². The van der Waals surface area contributed by atoms with Crippen LogP contribution >= 0.6 is 0 Å². The van der Waals surface area contributed by atoms with Gasteiger partial charge in [-0.1, -0.05) is 42.0 Å². The van der Waals surface area contributed by atoms with E-state index in [1.54, 1.807) is 0 Å². The number of nitrogens with one attached hydrogen (secondary N) is 1. The Morgan fingerprint density at radius 1 is 1.26 bits per heavy atom. The summed E-state index contributed by atoms with van der Waals surface area (Å²) in [7, 11) is 0. The molecule has 2 heterocycles. The first-order chi connectivity index (χ1) is 12.8. The molecule has 1 N–H and O–H groups in total. The van der Waals surface area contributed by atoms with Crippen molar-refractivity contribution in [2.24, 2.45) is 5.92 Å². The van der Waals surface area contributed by atoms with Crippen molar-refractivity contribution < 1.29 is 4.74 Å². The van der Waals surface area contributed by atoms with E-state index in [1.807, 2.05) is 13.0 Å². The van der Waals surface area contributed by atoms with Crippen LogP contribution in [0.5, 0.6) is 0 Å². The molecule has 2 nitrogen and oxygen atoms in total. The van der Waals surface area contributed by atoms with Gasteiger partial charge < -0.3 is 10.1 Å². The van der Waals surface area contributed by atoms with E-state index in [1.165, 1.54) is 28.0 Å². The van der Waals surface area contributed by atoms with Crippen molar-refractivity contribution in [3.05, 3.63) is 82.9 Å². The molecule has 2 aliphatic heterocycles. The van der Waals surface area contributed by atoms with E-state index in [-0.39, 0.29) is 11.6 Å². The molecule has 0 aromatic rings. The van der Waals surface area contributed by atoms with Gasteiger partial charge >= 0.3 is 0 Å². The SMILES string of the molecule is C=CCC1O/C(C)=C/C=C\C(C)=C\C2CC=C3NC(C)(C)CC=C(C)C3=C21. The third-order valence-electron chi connectivity index (χ3n) is 5.53. The van der Waals surface area contributed by atoms with E-state index >= 15 is 0 Å². The van der Waals surface area contributed by atoms with E-state index in [4.69, 9.17) is 4.74 Å². The van der Waals surface area contributed by atoms with Gasteiger partial charge in [-0.15, -0.1) is 6.58 Å². The normalized spacial score (nSPS) is 32.5. The average molecular weight is 364 g/mol. The lowest BCUT2D eigenvalue weighted by molar-refractivity contribution is 0.140. The Labute approximate surface area is 164 Å². The third kappa shape index (κ3) is 4.37. The van der Waals surface area contributed by atoms with Crippen molar-refractivity contribution in [2.45, 2.75) is 65.5 Å². The van der Waals surface area contributed by atoms with Crippen molar-refractivity contribution in [1.29, 1.82) is 0 Å². The Morgan fingerprint density at radius 2 is 2.04 bits per heavy atom. The molecule has 3 aliphatic rings. The van der Waals surface area contributed by atoms with Crippen LogP contribution in [0.3, 0.4) is 0 Å². The molecular formula is C25H33NO. The van der Waals surface area contributed by atoms with Gasteiger partial charge in [-0.25, -0.2) is 0 Å². The molecule has 0 radical (unpaired) electrons. The molecule has 0 fully saturated rings. The van der Waals surface area contributed by atoms with Crippen LogP contribution in [0.15, 0.2) is 82.9 Å². The van der Waals surface area contributed by atoms with Crippen molar-refractivity contribution >= 4 is 0 Å². The first-order valence-corrected chi connectivity index (χ1v) is 10.0. The van der Waals surface area contributed by atoms with Crippen molar-refractivity contribution in [3.63, 3.8) is 0 Å². The van der Waals surface area contributed by atoms with Crippen LogP contribution in [0.1, 0.15) is 53.9 Å². The fourth-order valence-electron chi connectivity index (χ4n) is 4.21. The fourth-order valence-corrected chi connectivity index (χ4v) is 4.21. The third-order valence-corrected chi connectivity index (χ3v) is 5.53. The topological polar surface area (TPSA) is 21.3 Å². The zero-order chi connectivity index (χ0) is 19.6.